The van der Waals surface area contributed by atoms with E-state index in [-0.39, 0.29) is 5.91 Å². The first-order chi connectivity index (χ1) is 11.3. The highest BCUT2D eigenvalue weighted by Gasteiger charge is 2.27. The number of furan rings is 1. The summed E-state index contributed by atoms with van der Waals surface area (Å²) in [5.74, 6) is 1.11. The van der Waals surface area contributed by atoms with Crippen LogP contribution in [0.2, 0.25) is 0 Å². The Hall–Kier alpha value is -2.27. The van der Waals surface area contributed by atoms with Gasteiger partial charge < -0.3 is 19.4 Å². The van der Waals surface area contributed by atoms with Gasteiger partial charge in [-0.05, 0) is 38.1 Å². The third-order valence-electron chi connectivity index (χ3n) is 4.20. The number of hydrogen-bond donors (Lipinski definition) is 1. The number of likely N-dealkylation sites (N-methyl/N-ethyl adjacent to an activating group) is 1. The quantitative estimate of drug-likeness (QED) is 0.922. The van der Waals surface area contributed by atoms with Gasteiger partial charge in [-0.15, -0.1) is 0 Å². The van der Waals surface area contributed by atoms with E-state index < -0.39 is 0 Å². The van der Waals surface area contributed by atoms with Crippen molar-refractivity contribution in [3.05, 3.63) is 54.0 Å². The van der Waals surface area contributed by atoms with E-state index in [4.69, 9.17) is 9.15 Å². The number of benzene rings is 1. The SMILES string of the molecule is CNC1CCCN(C(=O)c2occc2COc2ccccc2)C1. The Morgan fingerprint density at radius 1 is 1.35 bits per heavy atom. The fourth-order valence-electron chi connectivity index (χ4n) is 2.86. The number of likely N-dealkylation sites (tertiary alicyclic amines) is 1. The summed E-state index contributed by atoms with van der Waals surface area (Å²) in [7, 11) is 1.94. The third kappa shape index (κ3) is 3.74. The van der Waals surface area contributed by atoms with Crippen LogP contribution in [0.3, 0.4) is 0 Å². The zero-order valence-electron chi connectivity index (χ0n) is 13.3. The molecule has 0 aliphatic carbocycles. The van der Waals surface area contributed by atoms with Crippen molar-refractivity contribution in [3.8, 4) is 5.75 Å². The standard InChI is InChI=1S/C18H22N2O3/c1-19-15-6-5-10-20(12-15)18(21)17-14(9-11-22-17)13-23-16-7-3-2-4-8-16/h2-4,7-9,11,15,19H,5-6,10,12-13H2,1H3. The number of para-hydroxylation sites is 1. The second-order valence-electron chi connectivity index (χ2n) is 5.76. The molecule has 0 saturated carbocycles. The highest BCUT2D eigenvalue weighted by Crippen LogP contribution is 2.19. The van der Waals surface area contributed by atoms with E-state index in [9.17, 15) is 4.79 Å². The number of ether oxygens (including phenoxy) is 1. The van der Waals surface area contributed by atoms with Gasteiger partial charge in [0, 0.05) is 24.7 Å². The Bertz CT molecular complexity index is 639. The Morgan fingerprint density at radius 3 is 2.96 bits per heavy atom. The second kappa shape index (κ2) is 7.33. The molecular formula is C18H22N2O3. The Labute approximate surface area is 136 Å². The van der Waals surface area contributed by atoms with Crippen LogP contribution < -0.4 is 10.1 Å². The first-order valence-electron chi connectivity index (χ1n) is 7.98. The van der Waals surface area contributed by atoms with Crippen LogP contribution in [0, 0.1) is 0 Å². The molecule has 0 radical (unpaired) electrons. The summed E-state index contributed by atoms with van der Waals surface area (Å²) in [6.45, 7) is 1.82. The molecule has 1 aromatic heterocycles. The van der Waals surface area contributed by atoms with Crippen molar-refractivity contribution in [2.24, 2.45) is 0 Å². The van der Waals surface area contributed by atoms with Crippen LogP contribution in [0.1, 0.15) is 29.0 Å². The van der Waals surface area contributed by atoms with Gasteiger partial charge in [0.15, 0.2) is 5.76 Å². The molecule has 1 atom stereocenters. The van der Waals surface area contributed by atoms with Crippen molar-refractivity contribution < 1.29 is 13.9 Å². The smallest absolute Gasteiger partial charge is 0.290 e. The summed E-state index contributed by atoms with van der Waals surface area (Å²) in [4.78, 5) is 14.6. The van der Waals surface area contributed by atoms with E-state index in [1.54, 1.807) is 12.3 Å². The Balaban J connectivity index is 1.66. The predicted molar refractivity (Wildman–Crippen MR) is 87.5 cm³/mol. The van der Waals surface area contributed by atoms with Crippen molar-refractivity contribution in [2.45, 2.75) is 25.5 Å². The fraction of sp³-hybridized carbons (Fsp3) is 0.389. The number of rotatable bonds is 5. The molecule has 2 aromatic rings. The van der Waals surface area contributed by atoms with Crippen LogP contribution in [0.4, 0.5) is 0 Å². The highest BCUT2D eigenvalue weighted by atomic mass is 16.5. The average Bonchev–Trinajstić information content (AvgIpc) is 3.09. The van der Waals surface area contributed by atoms with Crippen LogP contribution in [0.15, 0.2) is 47.1 Å². The minimum atomic E-state index is -0.0541. The molecule has 5 nitrogen and oxygen atoms in total. The van der Waals surface area contributed by atoms with E-state index in [2.05, 4.69) is 5.32 Å². The summed E-state index contributed by atoms with van der Waals surface area (Å²) in [5, 5.41) is 3.25. The molecule has 23 heavy (non-hydrogen) atoms. The number of nitrogens with zero attached hydrogens (tertiary/aromatic N) is 1. The van der Waals surface area contributed by atoms with Crippen molar-refractivity contribution in [2.75, 3.05) is 20.1 Å². The molecule has 1 fully saturated rings. The zero-order chi connectivity index (χ0) is 16.1. The number of hydrogen-bond acceptors (Lipinski definition) is 4. The highest BCUT2D eigenvalue weighted by molar-refractivity contribution is 5.93. The van der Waals surface area contributed by atoms with Gasteiger partial charge >= 0.3 is 0 Å². The number of carbonyl (C=O) groups is 1. The molecule has 0 spiro atoms. The van der Waals surface area contributed by atoms with Gasteiger partial charge in [0.1, 0.15) is 12.4 Å². The lowest BCUT2D eigenvalue weighted by molar-refractivity contribution is 0.0662. The van der Waals surface area contributed by atoms with Gasteiger partial charge in [0.2, 0.25) is 0 Å². The molecule has 3 rings (SSSR count). The number of carbonyl (C=O) groups excluding carboxylic acids is 1. The lowest BCUT2D eigenvalue weighted by atomic mass is 10.1. The zero-order valence-corrected chi connectivity index (χ0v) is 13.3. The van der Waals surface area contributed by atoms with Crippen LogP contribution in [0.5, 0.6) is 5.75 Å². The van der Waals surface area contributed by atoms with E-state index in [1.807, 2.05) is 42.3 Å². The maximum absolute atomic E-state index is 12.7. The van der Waals surface area contributed by atoms with Gasteiger partial charge in [-0.3, -0.25) is 4.79 Å². The Morgan fingerprint density at radius 2 is 2.17 bits per heavy atom. The molecule has 1 unspecified atom stereocenters. The molecule has 2 heterocycles. The topological polar surface area (TPSA) is 54.7 Å². The van der Waals surface area contributed by atoms with Gasteiger partial charge in [-0.2, -0.15) is 0 Å². The maximum atomic E-state index is 12.7. The summed E-state index contributed by atoms with van der Waals surface area (Å²) < 4.78 is 11.2. The molecule has 1 saturated heterocycles. The van der Waals surface area contributed by atoms with Gasteiger partial charge in [0.25, 0.3) is 5.91 Å². The largest absolute Gasteiger partial charge is 0.489 e. The first-order valence-corrected chi connectivity index (χ1v) is 7.98. The minimum Gasteiger partial charge on any atom is -0.489 e. The Kier molecular flexibility index (Phi) is 4.98. The normalized spacial score (nSPS) is 18.0. The molecule has 1 aliphatic rings. The molecular weight excluding hydrogens is 292 g/mol. The summed E-state index contributed by atoms with van der Waals surface area (Å²) in [6.07, 6.45) is 3.66. The monoisotopic (exact) mass is 314 g/mol. The molecule has 122 valence electrons. The molecule has 5 heteroatoms. The van der Waals surface area contributed by atoms with Crippen LogP contribution in [-0.4, -0.2) is 37.0 Å². The van der Waals surface area contributed by atoms with E-state index in [0.29, 0.717) is 18.4 Å². The van der Waals surface area contributed by atoms with Crippen molar-refractivity contribution in [1.29, 1.82) is 0 Å². The van der Waals surface area contributed by atoms with Crippen LogP contribution >= 0.6 is 0 Å². The summed E-state index contributed by atoms with van der Waals surface area (Å²) in [6, 6.07) is 11.7. The van der Waals surface area contributed by atoms with Crippen molar-refractivity contribution >= 4 is 5.91 Å². The van der Waals surface area contributed by atoms with Gasteiger partial charge in [0.05, 0.1) is 6.26 Å². The first kappa shape index (κ1) is 15.6. The van der Waals surface area contributed by atoms with E-state index >= 15 is 0 Å². The van der Waals surface area contributed by atoms with E-state index in [0.717, 1.165) is 37.2 Å². The molecule has 0 bridgehead atoms. The van der Waals surface area contributed by atoms with Crippen molar-refractivity contribution in [1.82, 2.24) is 10.2 Å². The summed E-state index contributed by atoms with van der Waals surface area (Å²) >= 11 is 0. The fourth-order valence-corrected chi connectivity index (χ4v) is 2.86. The van der Waals surface area contributed by atoms with E-state index in [1.165, 1.54) is 0 Å². The van der Waals surface area contributed by atoms with Crippen molar-refractivity contribution in [3.63, 3.8) is 0 Å². The number of piperidine rings is 1. The summed E-state index contributed by atoms with van der Waals surface area (Å²) in [5.41, 5.74) is 0.783. The van der Waals surface area contributed by atoms with Gasteiger partial charge in [-0.1, -0.05) is 18.2 Å². The molecule has 1 N–H and O–H groups in total. The lowest BCUT2D eigenvalue weighted by Gasteiger charge is -2.32. The predicted octanol–water partition coefficient (Wildman–Crippen LogP) is 2.68. The minimum absolute atomic E-state index is 0.0541. The molecule has 1 aliphatic heterocycles. The second-order valence-corrected chi connectivity index (χ2v) is 5.76. The van der Waals surface area contributed by atoms with Gasteiger partial charge in [-0.25, -0.2) is 0 Å². The third-order valence-corrected chi connectivity index (χ3v) is 4.20. The average molecular weight is 314 g/mol. The number of nitrogens with one attached hydrogen (secondary N) is 1. The molecule has 1 aromatic carbocycles. The molecule has 1 amide bonds. The van der Waals surface area contributed by atoms with Crippen LogP contribution in [-0.2, 0) is 6.61 Å². The number of amides is 1. The lowest BCUT2D eigenvalue weighted by Crippen LogP contribution is -2.47. The maximum Gasteiger partial charge on any atom is 0.290 e. The van der Waals surface area contributed by atoms with Crippen LogP contribution in [0.25, 0.3) is 0 Å².